The zero-order valence-corrected chi connectivity index (χ0v) is 15.4. The molecule has 0 aliphatic carbocycles. The summed E-state index contributed by atoms with van der Waals surface area (Å²) in [6.07, 6.45) is 0. The van der Waals surface area contributed by atoms with Gasteiger partial charge in [0, 0.05) is 10.0 Å². The van der Waals surface area contributed by atoms with E-state index in [4.69, 9.17) is 27.9 Å². The van der Waals surface area contributed by atoms with Gasteiger partial charge in [0.2, 0.25) is 0 Å². The smallest absolute Gasteiger partial charge is 0.264 e. The van der Waals surface area contributed by atoms with Crippen molar-refractivity contribution in [3.8, 4) is 5.75 Å². The Hall–Kier alpha value is -1.82. The molecule has 0 fully saturated rings. The number of nitrogens with zero attached hydrogens (tertiary/aromatic N) is 1. The van der Waals surface area contributed by atoms with Gasteiger partial charge in [-0.2, -0.15) is 0 Å². The number of thiazole rings is 1. The molecule has 0 aliphatic rings. The number of aromatic nitrogens is 1. The number of hydrogen-bond donors (Lipinski definition) is 1. The van der Waals surface area contributed by atoms with E-state index < -0.39 is 0 Å². The van der Waals surface area contributed by atoms with E-state index in [0.717, 1.165) is 21.3 Å². The van der Waals surface area contributed by atoms with E-state index in [1.165, 1.54) is 11.3 Å². The molecule has 0 saturated carbocycles. The molecule has 1 N–H and O–H groups in total. The fraction of sp³-hybridized carbons (Fsp3) is 0.176. The Kier molecular flexibility index (Phi) is 4.94. The van der Waals surface area contributed by atoms with Crippen molar-refractivity contribution in [3.05, 3.63) is 51.5 Å². The van der Waals surface area contributed by atoms with E-state index in [9.17, 15) is 4.79 Å². The van der Waals surface area contributed by atoms with Crippen LogP contribution in [0.5, 0.6) is 5.75 Å². The molecule has 1 aromatic heterocycles. The number of aryl methyl sites for hydroxylation is 2. The zero-order valence-electron chi connectivity index (χ0n) is 13.0. The number of halogens is 2. The highest BCUT2D eigenvalue weighted by molar-refractivity contribution is 7.22. The molecule has 1 amide bonds. The fourth-order valence-electron chi connectivity index (χ4n) is 2.25. The minimum Gasteiger partial charge on any atom is -0.484 e. The van der Waals surface area contributed by atoms with E-state index in [-0.39, 0.29) is 12.5 Å². The third-order valence-electron chi connectivity index (χ3n) is 3.38. The molecule has 3 rings (SSSR count). The van der Waals surface area contributed by atoms with Crippen LogP contribution in [0.25, 0.3) is 10.2 Å². The normalized spacial score (nSPS) is 10.8. The maximum atomic E-state index is 12.0. The van der Waals surface area contributed by atoms with Crippen LogP contribution in [0.15, 0.2) is 30.3 Å². The molecule has 0 atom stereocenters. The molecule has 0 unspecified atom stereocenters. The lowest BCUT2D eigenvalue weighted by Gasteiger charge is -2.09. The summed E-state index contributed by atoms with van der Waals surface area (Å²) in [4.78, 5) is 16.4. The van der Waals surface area contributed by atoms with E-state index >= 15 is 0 Å². The molecule has 24 heavy (non-hydrogen) atoms. The van der Waals surface area contributed by atoms with Crippen molar-refractivity contribution in [2.45, 2.75) is 13.8 Å². The van der Waals surface area contributed by atoms with Crippen LogP contribution in [0, 0.1) is 13.8 Å². The number of hydrogen-bond acceptors (Lipinski definition) is 4. The van der Waals surface area contributed by atoms with Gasteiger partial charge in [-0.05, 0) is 55.3 Å². The summed E-state index contributed by atoms with van der Waals surface area (Å²) in [5.41, 5.74) is 2.62. The summed E-state index contributed by atoms with van der Waals surface area (Å²) < 4.78 is 6.45. The second kappa shape index (κ2) is 6.97. The van der Waals surface area contributed by atoms with Crippen molar-refractivity contribution in [2.75, 3.05) is 11.9 Å². The summed E-state index contributed by atoms with van der Waals surface area (Å²) in [6, 6.07) is 9.02. The van der Waals surface area contributed by atoms with Crippen LogP contribution in [-0.2, 0) is 4.79 Å². The molecule has 0 spiro atoms. The minimum absolute atomic E-state index is 0.100. The van der Waals surface area contributed by atoms with Gasteiger partial charge in [-0.3, -0.25) is 10.1 Å². The summed E-state index contributed by atoms with van der Waals surface area (Å²) in [5, 5.41) is 4.60. The molecule has 1 heterocycles. The Morgan fingerprint density at radius 1 is 1.21 bits per heavy atom. The van der Waals surface area contributed by atoms with Crippen molar-refractivity contribution in [1.82, 2.24) is 4.98 Å². The Morgan fingerprint density at radius 2 is 1.92 bits per heavy atom. The van der Waals surface area contributed by atoms with Gasteiger partial charge in [0.1, 0.15) is 5.75 Å². The predicted molar refractivity (Wildman–Crippen MR) is 99.7 cm³/mol. The summed E-state index contributed by atoms with van der Waals surface area (Å²) in [6.45, 7) is 3.69. The molecule has 124 valence electrons. The van der Waals surface area contributed by atoms with E-state index in [1.54, 1.807) is 6.07 Å². The number of carbonyl (C=O) groups is 1. The second-order valence-electron chi connectivity index (χ2n) is 5.34. The maximum absolute atomic E-state index is 12.0. The molecule has 3 aromatic rings. The standard InChI is InChI=1S/C17H14Cl2N2O2S/c1-9-5-12(6-10(2)16(9)19)23-8-15(22)21-17-20-13-4-3-11(18)7-14(13)24-17/h3-7H,8H2,1-2H3,(H,20,21,22). The van der Waals surface area contributed by atoms with Gasteiger partial charge in [0.05, 0.1) is 10.2 Å². The first-order valence-corrected chi connectivity index (χ1v) is 8.75. The van der Waals surface area contributed by atoms with Gasteiger partial charge in [-0.25, -0.2) is 4.98 Å². The third kappa shape index (κ3) is 3.80. The van der Waals surface area contributed by atoms with Gasteiger partial charge in [0.15, 0.2) is 11.7 Å². The number of anilines is 1. The number of carbonyl (C=O) groups excluding carboxylic acids is 1. The van der Waals surface area contributed by atoms with Crippen molar-refractivity contribution in [3.63, 3.8) is 0 Å². The molecule has 2 aromatic carbocycles. The monoisotopic (exact) mass is 380 g/mol. The number of nitrogens with one attached hydrogen (secondary N) is 1. The maximum Gasteiger partial charge on any atom is 0.264 e. The highest BCUT2D eigenvalue weighted by Crippen LogP contribution is 2.28. The molecular weight excluding hydrogens is 367 g/mol. The number of amides is 1. The molecule has 4 nitrogen and oxygen atoms in total. The highest BCUT2D eigenvalue weighted by atomic mass is 35.5. The largest absolute Gasteiger partial charge is 0.484 e. The second-order valence-corrected chi connectivity index (χ2v) is 7.18. The van der Waals surface area contributed by atoms with Crippen molar-refractivity contribution >= 4 is 55.8 Å². The SMILES string of the molecule is Cc1cc(OCC(=O)Nc2nc3ccc(Cl)cc3s2)cc(C)c1Cl. The quantitative estimate of drug-likeness (QED) is 0.673. The van der Waals surface area contributed by atoms with Gasteiger partial charge in [0.25, 0.3) is 5.91 Å². The lowest BCUT2D eigenvalue weighted by Crippen LogP contribution is -2.20. The Labute approximate surface area is 153 Å². The van der Waals surface area contributed by atoms with Crippen LogP contribution in [-0.4, -0.2) is 17.5 Å². The van der Waals surface area contributed by atoms with Crippen molar-refractivity contribution in [2.24, 2.45) is 0 Å². The Bertz CT molecular complexity index is 901. The summed E-state index contributed by atoms with van der Waals surface area (Å²) >= 11 is 13.4. The molecule has 7 heteroatoms. The first-order valence-electron chi connectivity index (χ1n) is 7.18. The highest BCUT2D eigenvalue weighted by Gasteiger charge is 2.10. The van der Waals surface area contributed by atoms with E-state index in [2.05, 4.69) is 10.3 Å². The van der Waals surface area contributed by atoms with Crippen LogP contribution in [0.1, 0.15) is 11.1 Å². The van der Waals surface area contributed by atoms with Crippen LogP contribution < -0.4 is 10.1 Å². The average Bonchev–Trinajstić information content (AvgIpc) is 2.91. The van der Waals surface area contributed by atoms with Crippen LogP contribution >= 0.6 is 34.5 Å². The predicted octanol–water partition coefficient (Wildman–Crippen LogP) is 5.24. The first kappa shape index (κ1) is 17.0. The lowest BCUT2D eigenvalue weighted by molar-refractivity contribution is -0.118. The third-order valence-corrected chi connectivity index (χ3v) is 5.14. The summed E-state index contributed by atoms with van der Waals surface area (Å²) in [7, 11) is 0. The number of ether oxygens (including phenoxy) is 1. The van der Waals surface area contributed by atoms with Gasteiger partial charge >= 0.3 is 0 Å². The van der Waals surface area contributed by atoms with E-state index in [0.29, 0.717) is 20.9 Å². The topological polar surface area (TPSA) is 51.2 Å². The Balaban J connectivity index is 1.64. The molecule has 0 aliphatic heterocycles. The first-order chi connectivity index (χ1) is 11.4. The number of fused-ring (bicyclic) bond motifs is 1. The van der Waals surface area contributed by atoms with Gasteiger partial charge in [-0.15, -0.1) is 0 Å². The van der Waals surface area contributed by atoms with Crippen molar-refractivity contribution < 1.29 is 9.53 Å². The van der Waals surface area contributed by atoms with Gasteiger partial charge < -0.3 is 4.74 Å². The molecule has 0 radical (unpaired) electrons. The van der Waals surface area contributed by atoms with Crippen LogP contribution in [0.4, 0.5) is 5.13 Å². The molecule has 0 bridgehead atoms. The fourth-order valence-corrected chi connectivity index (χ4v) is 3.51. The van der Waals surface area contributed by atoms with Crippen LogP contribution in [0.2, 0.25) is 10.0 Å². The number of benzene rings is 2. The van der Waals surface area contributed by atoms with Gasteiger partial charge in [-0.1, -0.05) is 34.5 Å². The number of rotatable bonds is 4. The summed E-state index contributed by atoms with van der Waals surface area (Å²) in [5.74, 6) is 0.339. The Morgan fingerprint density at radius 3 is 2.62 bits per heavy atom. The van der Waals surface area contributed by atoms with Crippen molar-refractivity contribution in [1.29, 1.82) is 0 Å². The zero-order chi connectivity index (χ0) is 17.3. The average molecular weight is 381 g/mol. The minimum atomic E-state index is -0.273. The molecular formula is C17H14Cl2N2O2S. The molecule has 0 saturated heterocycles. The lowest BCUT2D eigenvalue weighted by atomic mass is 10.1. The van der Waals surface area contributed by atoms with E-state index in [1.807, 2.05) is 38.1 Å². The van der Waals surface area contributed by atoms with Crippen LogP contribution in [0.3, 0.4) is 0 Å².